The van der Waals surface area contributed by atoms with Gasteiger partial charge in [-0.25, -0.2) is 0 Å². The van der Waals surface area contributed by atoms with Crippen LogP contribution in [-0.4, -0.2) is 30.1 Å². The Morgan fingerprint density at radius 1 is 0.737 bits per heavy atom. The van der Waals surface area contributed by atoms with Crippen molar-refractivity contribution >= 4 is 10.1 Å². The molecule has 0 fully saturated rings. The second-order valence-corrected chi connectivity index (χ2v) is 14.0. The van der Waals surface area contributed by atoms with Crippen LogP contribution in [0, 0.1) is 0 Å². The van der Waals surface area contributed by atoms with Gasteiger partial charge in [-0.3, -0.25) is 4.55 Å². The van der Waals surface area contributed by atoms with Gasteiger partial charge in [-0.05, 0) is 70.6 Å². The molecule has 0 bridgehead atoms. The number of hydrogen-bond acceptors (Lipinski definition) is 4. The molecule has 5 nitrogen and oxygen atoms in total. The molecule has 0 saturated carbocycles. The minimum atomic E-state index is -4.29. The summed E-state index contributed by atoms with van der Waals surface area (Å²) in [6, 6.07) is 6.67. The molecular weight excluding hydrogens is 496 g/mol. The van der Waals surface area contributed by atoms with Crippen LogP contribution in [0.4, 0.5) is 0 Å². The van der Waals surface area contributed by atoms with Crippen molar-refractivity contribution in [1.82, 2.24) is 0 Å². The van der Waals surface area contributed by atoms with Gasteiger partial charge in [-0.1, -0.05) is 103 Å². The number of benzene rings is 1. The van der Waals surface area contributed by atoms with Gasteiger partial charge < -0.3 is 9.47 Å². The molecule has 0 heterocycles. The zero-order valence-corrected chi connectivity index (χ0v) is 26.3. The molecule has 0 aliphatic carbocycles. The van der Waals surface area contributed by atoms with Crippen molar-refractivity contribution in [2.24, 2.45) is 0 Å². The fraction of sp³-hybridized carbons (Fsp3) is 0.812. The van der Waals surface area contributed by atoms with Crippen LogP contribution < -0.4 is 4.74 Å². The van der Waals surface area contributed by atoms with E-state index in [4.69, 9.17) is 9.47 Å². The predicted octanol–water partition coefficient (Wildman–Crippen LogP) is 9.46. The highest BCUT2D eigenvalue weighted by Crippen LogP contribution is 2.29. The fourth-order valence-corrected chi connectivity index (χ4v) is 4.84. The fourth-order valence-electron chi connectivity index (χ4n) is 4.61. The van der Waals surface area contributed by atoms with Crippen molar-refractivity contribution in [2.45, 2.75) is 161 Å². The highest BCUT2D eigenvalue weighted by Gasteiger charge is 2.34. The monoisotopic (exact) mass is 554 g/mol. The van der Waals surface area contributed by atoms with Gasteiger partial charge in [0.25, 0.3) is 10.1 Å². The number of hydrogen-bond donors (Lipinski definition) is 1. The lowest BCUT2D eigenvalue weighted by Crippen LogP contribution is -2.37. The standard InChI is InChI=1S/C32H58O5S/c1-7-9-11-13-15-17-19-21-28-23-24-30(29(27-28)22-20-18-16-14-12-10-8-2)37-31(3,4)25-26-36-32(5,6)38(33,34)35/h23-24,27H,7-22,25-26H2,1-6H3,(H,33,34,35). The Morgan fingerprint density at radius 3 is 1.76 bits per heavy atom. The van der Waals surface area contributed by atoms with Crippen LogP contribution in [0.15, 0.2) is 18.2 Å². The highest BCUT2D eigenvalue weighted by atomic mass is 32.2. The normalized spacial score (nSPS) is 12.7. The Hall–Kier alpha value is -1.11. The number of aryl methyl sites for hydroxylation is 2. The largest absolute Gasteiger partial charge is 0.487 e. The van der Waals surface area contributed by atoms with E-state index in [1.54, 1.807) is 0 Å². The molecule has 0 spiro atoms. The molecule has 0 unspecified atom stereocenters. The van der Waals surface area contributed by atoms with Gasteiger partial charge in [0.1, 0.15) is 11.4 Å². The third-order valence-electron chi connectivity index (χ3n) is 7.40. The van der Waals surface area contributed by atoms with Crippen LogP contribution in [0.3, 0.4) is 0 Å². The minimum absolute atomic E-state index is 0.170. The van der Waals surface area contributed by atoms with Crippen molar-refractivity contribution in [3.63, 3.8) is 0 Å². The third kappa shape index (κ3) is 14.9. The van der Waals surface area contributed by atoms with E-state index in [1.807, 2.05) is 13.8 Å². The summed E-state index contributed by atoms with van der Waals surface area (Å²) in [6.45, 7) is 11.4. The molecule has 1 aromatic rings. The molecule has 0 aromatic heterocycles. The van der Waals surface area contributed by atoms with E-state index >= 15 is 0 Å². The lowest BCUT2D eigenvalue weighted by Gasteiger charge is -2.30. The second kappa shape index (κ2) is 18.3. The van der Waals surface area contributed by atoms with Crippen molar-refractivity contribution in [3.05, 3.63) is 29.3 Å². The zero-order chi connectivity index (χ0) is 28.5. The van der Waals surface area contributed by atoms with Gasteiger partial charge >= 0.3 is 0 Å². The van der Waals surface area contributed by atoms with E-state index in [2.05, 4.69) is 32.0 Å². The summed E-state index contributed by atoms with van der Waals surface area (Å²) in [6.07, 6.45) is 20.8. The number of ether oxygens (including phenoxy) is 2. The lowest BCUT2D eigenvalue weighted by molar-refractivity contribution is -0.000480. The molecule has 0 aliphatic heterocycles. The molecule has 38 heavy (non-hydrogen) atoms. The van der Waals surface area contributed by atoms with Crippen LogP contribution in [0.1, 0.15) is 149 Å². The molecule has 0 atom stereocenters. The van der Waals surface area contributed by atoms with Gasteiger partial charge in [0.2, 0.25) is 0 Å². The maximum atomic E-state index is 11.5. The maximum Gasteiger partial charge on any atom is 0.294 e. The highest BCUT2D eigenvalue weighted by molar-refractivity contribution is 7.87. The minimum Gasteiger partial charge on any atom is -0.487 e. The van der Waals surface area contributed by atoms with E-state index in [0.717, 1.165) is 25.0 Å². The Morgan fingerprint density at radius 2 is 1.24 bits per heavy atom. The smallest absolute Gasteiger partial charge is 0.294 e. The van der Waals surface area contributed by atoms with Crippen LogP contribution >= 0.6 is 0 Å². The van der Waals surface area contributed by atoms with Gasteiger partial charge in [0, 0.05) is 6.42 Å². The van der Waals surface area contributed by atoms with Gasteiger partial charge in [-0.2, -0.15) is 8.42 Å². The van der Waals surface area contributed by atoms with Crippen LogP contribution in [0.25, 0.3) is 0 Å². The zero-order valence-electron chi connectivity index (χ0n) is 25.4. The molecular formula is C32H58O5S. The average molecular weight is 555 g/mol. The maximum absolute atomic E-state index is 11.5. The van der Waals surface area contributed by atoms with Crippen molar-refractivity contribution in [3.8, 4) is 5.75 Å². The molecule has 6 heteroatoms. The van der Waals surface area contributed by atoms with Crippen molar-refractivity contribution in [2.75, 3.05) is 6.61 Å². The molecule has 1 rings (SSSR count). The van der Waals surface area contributed by atoms with Crippen molar-refractivity contribution < 1.29 is 22.4 Å². The van der Waals surface area contributed by atoms with Gasteiger partial charge in [0.15, 0.2) is 4.93 Å². The average Bonchev–Trinajstić information content (AvgIpc) is 2.83. The first-order valence-electron chi connectivity index (χ1n) is 15.3. The summed E-state index contributed by atoms with van der Waals surface area (Å²) in [4.78, 5) is -1.64. The Labute approximate surface area is 235 Å². The van der Waals surface area contributed by atoms with E-state index in [0.29, 0.717) is 6.42 Å². The van der Waals surface area contributed by atoms with E-state index < -0.39 is 20.7 Å². The summed E-state index contributed by atoms with van der Waals surface area (Å²) in [7, 11) is -4.29. The predicted molar refractivity (Wildman–Crippen MR) is 161 cm³/mol. The third-order valence-corrected chi connectivity index (χ3v) is 8.77. The number of rotatable bonds is 23. The molecule has 0 aliphatic rings. The summed E-state index contributed by atoms with van der Waals surface area (Å²) in [5.74, 6) is 0.915. The Kier molecular flexibility index (Phi) is 16.8. The molecule has 0 saturated heterocycles. The van der Waals surface area contributed by atoms with Crippen molar-refractivity contribution in [1.29, 1.82) is 0 Å². The molecule has 1 N–H and O–H groups in total. The topological polar surface area (TPSA) is 72.8 Å². The van der Waals surface area contributed by atoms with Crippen LogP contribution in [0.5, 0.6) is 5.75 Å². The quantitative estimate of drug-likeness (QED) is 0.108. The first-order chi connectivity index (χ1) is 17.9. The summed E-state index contributed by atoms with van der Waals surface area (Å²) in [5, 5.41) is 0. The van der Waals surface area contributed by atoms with Gasteiger partial charge in [-0.15, -0.1) is 0 Å². The summed E-state index contributed by atoms with van der Waals surface area (Å²) >= 11 is 0. The lowest BCUT2D eigenvalue weighted by atomic mass is 9.98. The van der Waals surface area contributed by atoms with Crippen LogP contribution in [0.2, 0.25) is 0 Å². The molecule has 222 valence electrons. The number of unbranched alkanes of at least 4 members (excludes halogenated alkanes) is 12. The first kappa shape index (κ1) is 34.9. The van der Waals surface area contributed by atoms with E-state index in [9.17, 15) is 13.0 Å². The summed E-state index contributed by atoms with van der Waals surface area (Å²) < 4.78 is 44.4. The van der Waals surface area contributed by atoms with Crippen LogP contribution in [-0.2, 0) is 27.7 Å². The molecule has 1 aromatic carbocycles. The van der Waals surface area contributed by atoms with E-state index in [-0.39, 0.29) is 6.61 Å². The van der Waals surface area contributed by atoms with E-state index in [1.165, 1.54) is 108 Å². The second-order valence-electron chi connectivity index (χ2n) is 12.0. The molecule has 0 radical (unpaired) electrons. The van der Waals surface area contributed by atoms with Gasteiger partial charge in [0.05, 0.1) is 6.61 Å². The Balaban J connectivity index is 2.75. The Bertz CT molecular complexity index is 861. The SMILES string of the molecule is CCCCCCCCCc1ccc(OC(C)(C)CCOC(C)(C)S(=O)(=O)O)c(CCCCCCCCC)c1. The summed E-state index contributed by atoms with van der Waals surface area (Å²) in [5.41, 5.74) is 2.12. The first-order valence-corrected chi connectivity index (χ1v) is 16.8. The molecule has 0 amide bonds.